The van der Waals surface area contributed by atoms with E-state index < -0.39 is 0 Å². The molecule has 1 aromatic heterocycles. The highest BCUT2D eigenvalue weighted by Crippen LogP contribution is 2.28. The van der Waals surface area contributed by atoms with Gasteiger partial charge in [0.25, 0.3) is 0 Å². The quantitative estimate of drug-likeness (QED) is 0.898. The molecule has 15 heavy (non-hydrogen) atoms. The summed E-state index contributed by atoms with van der Waals surface area (Å²) in [4.78, 5) is 0. The van der Waals surface area contributed by atoms with Crippen LogP contribution >= 0.6 is 15.9 Å². The standard InChI is InChI=1S/C12H14BrNO/c1-7(2)12(14)11-6-8-5-9(13)3-4-10(8)15-11/h3-7,12H,14H2,1-2H3. The molecule has 1 heterocycles. The van der Waals surface area contributed by atoms with Crippen molar-refractivity contribution in [3.8, 4) is 0 Å². The maximum Gasteiger partial charge on any atom is 0.134 e. The Morgan fingerprint density at radius 3 is 2.67 bits per heavy atom. The van der Waals surface area contributed by atoms with Gasteiger partial charge in [-0.1, -0.05) is 29.8 Å². The summed E-state index contributed by atoms with van der Waals surface area (Å²) < 4.78 is 6.76. The maximum atomic E-state index is 6.03. The number of hydrogen-bond donors (Lipinski definition) is 1. The molecule has 3 heteroatoms. The van der Waals surface area contributed by atoms with Crippen LogP contribution in [0.3, 0.4) is 0 Å². The zero-order valence-electron chi connectivity index (χ0n) is 8.83. The molecule has 0 amide bonds. The highest BCUT2D eigenvalue weighted by atomic mass is 79.9. The van der Waals surface area contributed by atoms with Crippen molar-refractivity contribution in [1.29, 1.82) is 0 Å². The summed E-state index contributed by atoms with van der Waals surface area (Å²) in [6.07, 6.45) is 0. The Morgan fingerprint density at radius 1 is 1.27 bits per heavy atom. The molecule has 1 unspecified atom stereocenters. The van der Waals surface area contributed by atoms with Crippen LogP contribution in [-0.4, -0.2) is 0 Å². The second-order valence-electron chi connectivity index (χ2n) is 4.10. The maximum absolute atomic E-state index is 6.03. The van der Waals surface area contributed by atoms with E-state index in [4.69, 9.17) is 10.2 Å². The average Bonchev–Trinajstić information content (AvgIpc) is 2.58. The Balaban J connectivity index is 2.47. The van der Waals surface area contributed by atoms with Gasteiger partial charge in [-0.2, -0.15) is 0 Å². The summed E-state index contributed by atoms with van der Waals surface area (Å²) in [5, 5.41) is 1.09. The van der Waals surface area contributed by atoms with Crippen molar-refractivity contribution in [3.63, 3.8) is 0 Å². The molecule has 0 aliphatic carbocycles. The van der Waals surface area contributed by atoms with E-state index in [0.717, 1.165) is 21.2 Å². The van der Waals surface area contributed by atoms with Crippen molar-refractivity contribution in [1.82, 2.24) is 0 Å². The van der Waals surface area contributed by atoms with Crippen molar-refractivity contribution in [2.24, 2.45) is 11.7 Å². The van der Waals surface area contributed by atoms with E-state index >= 15 is 0 Å². The van der Waals surface area contributed by atoms with E-state index in [2.05, 4.69) is 29.8 Å². The first kappa shape index (κ1) is 10.7. The number of benzene rings is 1. The van der Waals surface area contributed by atoms with Gasteiger partial charge in [0.1, 0.15) is 11.3 Å². The third-order valence-corrected chi connectivity index (χ3v) is 3.04. The van der Waals surface area contributed by atoms with E-state index in [1.807, 2.05) is 24.3 Å². The summed E-state index contributed by atoms with van der Waals surface area (Å²) in [5.74, 6) is 1.24. The predicted molar refractivity (Wildman–Crippen MR) is 65.7 cm³/mol. The topological polar surface area (TPSA) is 39.2 Å². The van der Waals surface area contributed by atoms with Crippen LogP contribution in [0.25, 0.3) is 11.0 Å². The fourth-order valence-electron chi connectivity index (χ4n) is 1.53. The van der Waals surface area contributed by atoms with Gasteiger partial charge in [0, 0.05) is 9.86 Å². The molecule has 2 rings (SSSR count). The highest BCUT2D eigenvalue weighted by Gasteiger charge is 2.15. The van der Waals surface area contributed by atoms with Gasteiger partial charge >= 0.3 is 0 Å². The lowest BCUT2D eigenvalue weighted by atomic mass is 10.0. The molecule has 0 radical (unpaired) electrons. The van der Waals surface area contributed by atoms with E-state index in [-0.39, 0.29) is 6.04 Å². The van der Waals surface area contributed by atoms with Gasteiger partial charge in [-0.3, -0.25) is 0 Å². The van der Waals surface area contributed by atoms with Crippen LogP contribution in [0.1, 0.15) is 25.6 Å². The lowest BCUT2D eigenvalue weighted by Crippen LogP contribution is -2.15. The zero-order chi connectivity index (χ0) is 11.0. The average molecular weight is 268 g/mol. The fourth-order valence-corrected chi connectivity index (χ4v) is 1.91. The number of fused-ring (bicyclic) bond motifs is 1. The number of nitrogens with two attached hydrogens (primary N) is 1. The monoisotopic (exact) mass is 267 g/mol. The van der Waals surface area contributed by atoms with Gasteiger partial charge in [0.15, 0.2) is 0 Å². The summed E-state index contributed by atoms with van der Waals surface area (Å²) in [7, 11) is 0. The first-order valence-electron chi connectivity index (χ1n) is 5.02. The van der Waals surface area contributed by atoms with Crippen molar-refractivity contribution >= 4 is 26.9 Å². The lowest BCUT2D eigenvalue weighted by molar-refractivity contribution is 0.418. The molecule has 0 saturated heterocycles. The molecular formula is C12H14BrNO. The molecule has 1 atom stereocenters. The van der Waals surface area contributed by atoms with Crippen molar-refractivity contribution in [3.05, 3.63) is 34.5 Å². The predicted octanol–water partition coefficient (Wildman–Crippen LogP) is 3.85. The minimum atomic E-state index is -0.0313. The third-order valence-electron chi connectivity index (χ3n) is 2.54. The first-order valence-corrected chi connectivity index (χ1v) is 5.82. The molecule has 0 saturated carbocycles. The minimum absolute atomic E-state index is 0.0313. The Labute approximate surface area is 97.6 Å². The van der Waals surface area contributed by atoms with E-state index in [9.17, 15) is 0 Å². The number of furan rings is 1. The van der Waals surface area contributed by atoms with Gasteiger partial charge in [-0.25, -0.2) is 0 Å². The SMILES string of the molecule is CC(C)C(N)c1cc2cc(Br)ccc2o1. The molecule has 80 valence electrons. The Kier molecular flexibility index (Phi) is 2.85. The molecule has 0 fully saturated rings. The second kappa shape index (κ2) is 3.99. The van der Waals surface area contributed by atoms with Crippen LogP contribution in [0.5, 0.6) is 0 Å². The van der Waals surface area contributed by atoms with E-state index in [1.165, 1.54) is 0 Å². The van der Waals surface area contributed by atoms with E-state index in [0.29, 0.717) is 5.92 Å². The molecule has 0 bridgehead atoms. The molecule has 2 N–H and O–H groups in total. The Morgan fingerprint density at radius 2 is 2.00 bits per heavy atom. The van der Waals surface area contributed by atoms with Crippen molar-refractivity contribution in [2.75, 3.05) is 0 Å². The Bertz CT molecular complexity index is 475. The van der Waals surface area contributed by atoms with Gasteiger partial charge in [0.05, 0.1) is 6.04 Å². The van der Waals surface area contributed by atoms with Crippen molar-refractivity contribution in [2.45, 2.75) is 19.9 Å². The number of halogens is 1. The van der Waals surface area contributed by atoms with Crippen LogP contribution in [0, 0.1) is 5.92 Å². The molecule has 2 nitrogen and oxygen atoms in total. The van der Waals surface area contributed by atoms with Gasteiger partial charge in [-0.05, 0) is 30.2 Å². The number of rotatable bonds is 2. The van der Waals surface area contributed by atoms with Crippen LogP contribution in [-0.2, 0) is 0 Å². The first-order chi connectivity index (χ1) is 7.08. The van der Waals surface area contributed by atoms with E-state index in [1.54, 1.807) is 0 Å². The molecule has 0 spiro atoms. The summed E-state index contributed by atoms with van der Waals surface area (Å²) >= 11 is 3.43. The Hall–Kier alpha value is -0.800. The van der Waals surface area contributed by atoms with Gasteiger partial charge in [-0.15, -0.1) is 0 Å². The smallest absolute Gasteiger partial charge is 0.134 e. The second-order valence-corrected chi connectivity index (χ2v) is 5.02. The molecule has 0 aliphatic rings. The van der Waals surface area contributed by atoms with Crippen LogP contribution in [0.15, 0.2) is 33.2 Å². The highest BCUT2D eigenvalue weighted by molar-refractivity contribution is 9.10. The van der Waals surface area contributed by atoms with Crippen LogP contribution in [0.4, 0.5) is 0 Å². The third kappa shape index (κ3) is 2.08. The molecule has 0 aliphatic heterocycles. The lowest BCUT2D eigenvalue weighted by Gasteiger charge is -2.11. The molecule has 2 aromatic rings. The largest absolute Gasteiger partial charge is 0.459 e. The fraction of sp³-hybridized carbons (Fsp3) is 0.333. The van der Waals surface area contributed by atoms with Crippen molar-refractivity contribution < 1.29 is 4.42 Å². The summed E-state index contributed by atoms with van der Waals surface area (Å²) in [6, 6.07) is 7.95. The van der Waals surface area contributed by atoms with Gasteiger partial charge < -0.3 is 10.2 Å². The summed E-state index contributed by atoms with van der Waals surface area (Å²) in [5.41, 5.74) is 6.93. The van der Waals surface area contributed by atoms with Crippen LogP contribution in [0.2, 0.25) is 0 Å². The van der Waals surface area contributed by atoms with Gasteiger partial charge in [0.2, 0.25) is 0 Å². The summed E-state index contributed by atoms with van der Waals surface area (Å²) in [6.45, 7) is 4.18. The zero-order valence-corrected chi connectivity index (χ0v) is 10.4. The van der Waals surface area contributed by atoms with Crippen LogP contribution < -0.4 is 5.73 Å². The number of hydrogen-bond acceptors (Lipinski definition) is 2. The normalized spacial score (nSPS) is 13.7. The molecular weight excluding hydrogens is 254 g/mol. The minimum Gasteiger partial charge on any atom is -0.459 e. The molecule has 1 aromatic carbocycles.